The minimum Gasteiger partial charge on any atom is -0.388 e. The van der Waals surface area contributed by atoms with Gasteiger partial charge in [-0.15, -0.1) is 0 Å². The predicted octanol–water partition coefficient (Wildman–Crippen LogP) is 2.27. The number of rotatable bonds is 5. The second-order valence-electron chi connectivity index (χ2n) is 4.86. The van der Waals surface area contributed by atoms with Crippen LogP contribution >= 0.6 is 0 Å². The Morgan fingerprint density at radius 1 is 1.38 bits per heavy atom. The van der Waals surface area contributed by atoms with Crippen molar-refractivity contribution >= 4 is 5.91 Å². The lowest BCUT2D eigenvalue weighted by atomic mass is 10.1. The van der Waals surface area contributed by atoms with Crippen LogP contribution in [-0.4, -0.2) is 16.0 Å². The van der Waals surface area contributed by atoms with E-state index < -0.39 is 11.9 Å². The zero-order valence-corrected chi connectivity index (χ0v) is 11.7. The number of aliphatic hydroxyl groups excluding tert-OH is 1. The van der Waals surface area contributed by atoms with E-state index in [0.29, 0.717) is 12.1 Å². The Hall–Kier alpha value is -2.27. The molecule has 0 saturated carbocycles. The first-order valence-electron chi connectivity index (χ1n) is 6.66. The average molecular weight is 288 g/mol. The van der Waals surface area contributed by atoms with Gasteiger partial charge in [-0.25, -0.2) is 4.39 Å². The Labute approximate surface area is 122 Å². The molecular weight excluding hydrogens is 271 g/mol. The number of hydrogen-bond donors (Lipinski definition) is 2. The number of amides is 1. The summed E-state index contributed by atoms with van der Waals surface area (Å²) in [4.78, 5) is 15.9. The van der Waals surface area contributed by atoms with Crippen LogP contribution in [-0.2, 0) is 11.3 Å². The van der Waals surface area contributed by atoms with E-state index in [4.69, 9.17) is 0 Å². The van der Waals surface area contributed by atoms with Gasteiger partial charge in [0.15, 0.2) is 0 Å². The molecule has 1 unspecified atom stereocenters. The van der Waals surface area contributed by atoms with E-state index in [1.54, 1.807) is 12.3 Å². The number of nitrogens with zero attached hydrogens (tertiary/aromatic N) is 1. The van der Waals surface area contributed by atoms with Gasteiger partial charge in [0, 0.05) is 18.4 Å². The molecule has 1 aromatic heterocycles. The van der Waals surface area contributed by atoms with Gasteiger partial charge in [-0.1, -0.05) is 18.2 Å². The van der Waals surface area contributed by atoms with Crippen molar-refractivity contribution in [3.63, 3.8) is 0 Å². The molecule has 0 bridgehead atoms. The van der Waals surface area contributed by atoms with E-state index in [9.17, 15) is 14.3 Å². The molecular formula is C16H17FN2O2. The molecule has 2 N–H and O–H groups in total. The highest BCUT2D eigenvalue weighted by Gasteiger charge is 2.13. The number of aryl methyl sites for hydroxylation is 1. The number of halogens is 1. The lowest BCUT2D eigenvalue weighted by Crippen LogP contribution is -2.24. The normalized spacial score (nSPS) is 12.0. The van der Waals surface area contributed by atoms with Gasteiger partial charge < -0.3 is 10.4 Å². The average Bonchev–Trinajstić information content (AvgIpc) is 2.46. The van der Waals surface area contributed by atoms with Gasteiger partial charge >= 0.3 is 0 Å². The number of nitrogens with one attached hydrogen (secondary N) is 1. The largest absolute Gasteiger partial charge is 0.388 e. The van der Waals surface area contributed by atoms with E-state index >= 15 is 0 Å². The summed E-state index contributed by atoms with van der Waals surface area (Å²) in [5.74, 6) is -0.731. The molecule has 21 heavy (non-hydrogen) atoms. The Morgan fingerprint density at radius 2 is 2.19 bits per heavy atom. The van der Waals surface area contributed by atoms with Crippen LogP contribution in [0.15, 0.2) is 42.6 Å². The first kappa shape index (κ1) is 15.1. The van der Waals surface area contributed by atoms with Crippen molar-refractivity contribution in [2.45, 2.75) is 26.0 Å². The summed E-state index contributed by atoms with van der Waals surface area (Å²) in [6, 6.07) is 9.35. The minimum atomic E-state index is -1.02. The molecule has 1 atom stereocenters. The monoisotopic (exact) mass is 288 g/mol. The fourth-order valence-electron chi connectivity index (χ4n) is 1.88. The van der Waals surface area contributed by atoms with Crippen molar-refractivity contribution in [3.05, 3.63) is 65.2 Å². The summed E-state index contributed by atoms with van der Waals surface area (Å²) < 4.78 is 13.0. The lowest BCUT2D eigenvalue weighted by molar-refractivity contribution is -0.123. The van der Waals surface area contributed by atoms with Crippen LogP contribution in [0.25, 0.3) is 0 Å². The molecule has 0 spiro atoms. The summed E-state index contributed by atoms with van der Waals surface area (Å²) in [5.41, 5.74) is 2.18. The smallest absolute Gasteiger partial charge is 0.223 e. The fraction of sp³-hybridized carbons (Fsp3) is 0.250. The van der Waals surface area contributed by atoms with Crippen LogP contribution in [0.3, 0.4) is 0 Å². The third-order valence-corrected chi connectivity index (χ3v) is 3.07. The van der Waals surface area contributed by atoms with E-state index in [-0.39, 0.29) is 12.3 Å². The molecule has 0 fully saturated rings. The van der Waals surface area contributed by atoms with Crippen molar-refractivity contribution in [2.24, 2.45) is 0 Å². The van der Waals surface area contributed by atoms with Gasteiger partial charge in [0.25, 0.3) is 0 Å². The van der Waals surface area contributed by atoms with Gasteiger partial charge in [-0.2, -0.15) is 0 Å². The highest BCUT2D eigenvalue weighted by atomic mass is 19.1. The first-order chi connectivity index (χ1) is 10.0. The van der Waals surface area contributed by atoms with Crippen LogP contribution < -0.4 is 5.32 Å². The van der Waals surface area contributed by atoms with E-state index in [2.05, 4.69) is 10.3 Å². The summed E-state index contributed by atoms with van der Waals surface area (Å²) in [6.45, 7) is 2.24. The maximum atomic E-state index is 13.0. The number of aromatic nitrogens is 1. The highest BCUT2D eigenvalue weighted by molar-refractivity contribution is 5.76. The minimum absolute atomic E-state index is 0.108. The van der Waals surface area contributed by atoms with Crippen LogP contribution in [0, 0.1) is 12.7 Å². The molecule has 1 amide bonds. The third-order valence-electron chi connectivity index (χ3n) is 3.07. The third kappa shape index (κ3) is 4.65. The SMILES string of the molecule is Cc1ccc(CNC(=O)CC(O)c2cccc(F)c2)cn1. The molecule has 0 aliphatic rings. The number of hydrogen-bond acceptors (Lipinski definition) is 3. The molecule has 1 heterocycles. The maximum absolute atomic E-state index is 13.0. The van der Waals surface area contributed by atoms with Gasteiger partial charge in [0.1, 0.15) is 5.82 Å². The van der Waals surface area contributed by atoms with Crippen LogP contribution in [0.5, 0.6) is 0 Å². The topological polar surface area (TPSA) is 62.2 Å². The molecule has 4 nitrogen and oxygen atoms in total. The number of carbonyl (C=O) groups excluding carboxylic acids is 1. The molecule has 0 radical (unpaired) electrons. The predicted molar refractivity (Wildman–Crippen MR) is 76.8 cm³/mol. The van der Waals surface area contributed by atoms with Crippen LogP contribution in [0.2, 0.25) is 0 Å². The maximum Gasteiger partial charge on any atom is 0.223 e. The van der Waals surface area contributed by atoms with Crippen molar-refractivity contribution in [1.29, 1.82) is 0 Å². The Kier molecular flexibility index (Phi) is 5.00. The molecule has 0 aliphatic heterocycles. The number of pyridine rings is 1. The molecule has 110 valence electrons. The van der Waals surface area contributed by atoms with Gasteiger partial charge in [0.05, 0.1) is 12.5 Å². The fourth-order valence-corrected chi connectivity index (χ4v) is 1.88. The zero-order chi connectivity index (χ0) is 15.2. The van der Waals surface area contributed by atoms with Crippen LogP contribution in [0.4, 0.5) is 4.39 Å². The molecule has 0 saturated heterocycles. The lowest BCUT2D eigenvalue weighted by Gasteiger charge is -2.11. The molecule has 2 rings (SSSR count). The standard InChI is InChI=1S/C16H17FN2O2/c1-11-5-6-12(9-18-11)10-19-16(21)8-15(20)13-3-2-4-14(17)7-13/h2-7,9,15,20H,8,10H2,1H3,(H,19,21). The second-order valence-corrected chi connectivity index (χ2v) is 4.86. The molecule has 1 aromatic carbocycles. The van der Waals surface area contributed by atoms with Gasteiger partial charge in [0.2, 0.25) is 5.91 Å². The molecule has 2 aromatic rings. The van der Waals surface area contributed by atoms with Crippen molar-refractivity contribution in [1.82, 2.24) is 10.3 Å². The van der Waals surface area contributed by atoms with Crippen molar-refractivity contribution in [3.8, 4) is 0 Å². The Balaban J connectivity index is 1.85. The summed E-state index contributed by atoms with van der Waals surface area (Å²) in [7, 11) is 0. The molecule has 5 heteroatoms. The quantitative estimate of drug-likeness (QED) is 0.887. The Bertz CT molecular complexity index is 614. The van der Waals surface area contributed by atoms with E-state index in [1.165, 1.54) is 18.2 Å². The van der Waals surface area contributed by atoms with E-state index in [1.807, 2.05) is 19.1 Å². The van der Waals surface area contributed by atoms with E-state index in [0.717, 1.165) is 11.3 Å². The molecule has 0 aliphatic carbocycles. The summed E-state index contributed by atoms with van der Waals surface area (Å²) in [6.07, 6.45) is 0.568. The van der Waals surface area contributed by atoms with Crippen molar-refractivity contribution in [2.75, 3.05) is 0 Å². The van der Waals surface area contributed by atoms with Crippen LogP contribution in [0.1, 0.15) is 29.3 Å². The highest BCUT2D eigenvalue weighted by Crippen LogP contribution is 2.17. The number of carbonyl (C=O) groups is 1. The van der Waals surface area contributed by atoms with Gasteiger partial charge in [-0.3, -0.25) is 9.78 Å². The first-order valence-corrected chi connectivity index (χ1v) is 6.66. The Morgan fingerprint density at radius 3 is 2.86 bits per heavy atom. The summed E-state index contributed by atoms with van der Waals surface area (Å²) in [5, 5.41) is 12.6. The zero-order valence-electron chi connectivity index (χ0n) is 11.7. The second kappa shape index (κ2) is 6.95. The number of benzene rings is 1. The van der Waals surface area contributed by atoms with Crippen molar-refractivity contribution < 1.29 is 14.3 Å². The number of aliphatic hydroxyl groups is 1. The summed E-state index contributed by atoms with van der Waals surface area (Å²) >= 11 is 0. The van der Waals surface area contributed by atoms with Gasteiger partial charge in [-0.05, 0) is 36.2 Å².